The van der Waals surface area contributed by atoms with E-state index in [1.807, 2.05) is 18.2 Å². The number of anilines is 1. The van der Waals surface area contributed by atoms with Crippen LogP contribution >= 0.6 is 0 Å². The molecule has 3 nitrogen and oxygen atoms in total. The van der Waals surface area contributed by atoms with Gasteiger partial charge in [-0.15, -0.1) is 0 Å². The summed E-state index contributed by atoms with van der Waals surface area (Å²) in [5.41, 5.74) is 1.55. The van der Waals surface area contributed by atoms with E-state index in [0.717, 1.165) is 25.3 Å². The predicted molar refractivity (Wildman–Crippen MR) is 60.8 cm³/mol. The number of hydrogen-bond donors (Lipinski definition) is 1. The third kappa shape index (κ3) is 4.01. The van der Waals surface area contributed by atoms with E-state index in [1.165, 1.54) is 0 Å². The Labute approximate surface area is 90.7 Å². The van der Waals surface area contributed by atoms with Gasteiger partial charge in [-0.05, 0) is 18.6 Å². The zero-order valence-electron chi connectivity index (χ0n) is 8.99. The topological polar surface area (TPSA) is 45.0 Å². The average molecular weight is 204 g/mol. The van der Waals surface area contributed by atoms with E-state index in [1.54, 1.807) is 6.07 Å². The molecule has 15 heavy (non-hydrogen) atoms. The van der Waals surface area contributed by atoms with Crippen molar-refractivity contribution in [2.45, 2.75) is 13.3 Å². The molecule has 1 aromatic carbocycles. The second-order valence-electron chi connectivity index (χ2n) is 3.20. The predicted octanol–water partition coefficient (Wildman–Crippen LogP) is 2.40. The zero-order valence-corrected chi connectivity index (χ0v) is 8.99. The Hall–Kier alpha value is -1.53. The first kappa shape index (κ1) is 11.5. The fraction of sp³-hybridized carbons (Fsp3) is 0.417. The molecule has 0 atom stereocenters. The van der Waals surface area contributed by atoms with Crippen molar-refractivity contribution in [1.82, 2.24) is 0 Å². The fourth-order valence-corrected chi connectivity index (χ4v) is 1.24. The number of nitrogens with one attached hydrogen (secondary N) is 1. The molecule has 0 radical (unpaired) electrons. The molecule has 0 aromatic heterocycles. The molecule has 0 spiro atoms. The number of hydrogen-bond acceptors (Lipinski definition) is 3. The number of rotatable bonds is 6. The SMILES string of the molecule is CCCOCCNc1ccccc1C#N. The Balaban J connectivity index is 2.34. The van der Waals surface area contributed by atoms with Gasteiger partial charge in [-0.25, -0.2) is 0 Å². The normalized spacial score (nSPS) is 9.60. The van der Waals surface area contributed by atoms with Gasteiger partial charge in [-0.2, -0.15) is 5.26 Å². The highest BCUT2D eigenvalue weighted by molar-refractivity contribution is 5.56. The average Bonchev–Trinajstić information content (AvgIpc) is 2.29. The fourth-order valence-electron chi connectivity index (χ4n) is 1.24. The summed E-state index contributed by atoms with van der Waals surface area (Å²) < 4.78 is 5.33. The molecule has 0 fully saturated rings. The largest absolute Gasteiger partial charge is 0.382 e. The maximum Gasteiger partial charge on any atom is 0.101 e. The van der Waals surface area contributed by atoms with Gasteiger partial charge in [0.25, 0.3) is 0 Å². The molecule has 0 aliphatic heterocycles. The minimum absolute atomic E-state index is 0.674. The molecular formula is C12H16N2O. The number of nitriles is 1. The smallest absolute Gasteiger partial charge is 0.101 e. The van der Waals surface area contributed by atoms with Crippen molar-refractivity contribution in [3.05, 3.63) is 29.8 Å². The summed E-state index contributed by atoms with van der Waals surface area (Å²) in [4.78, 5) is 0. The van der Waals surface area contributed by atoms with Gasteiger partial charge in [-0.3, -0.25) is 0 Å². The van der Waals surface area contributed by atoms with E-state index < -0.39 is 0 Å². The van der Waals surface area contributed by atoms with Gasteiger partial charge in [0.15, 0.2) is 0 Å². The lowest BCUT2D eigenvalue weighted by Crippen LogP contribution is -2.10. The molecule has 0 bridgehead atoms. The van der Waals surface area contributed by atoms with Gasteiger partial charge in [0.1, 0.15) is 6.07 Å². The van der Waals surface area contributed by atoms with Crippen molar-refractivity contribution in [2.24, 2.45) is 0 Å². The Kier molecular flexibility index (Phi) is 5.28. The van der Waals surface area contributed by atoms with Crippen LogP contribution in [-0.4, -0.2) is 19.8 Å². The van der Waals surface area contributed by atoms with Gasteiger partial charge in [0, 0.05) is 13.2 Å². The molecule has 0 aliphatic rings. The van der Waals surface area contributed by atoms with Gasteiger partial charge in [-0.1, -0.05) is 19.1 Å². The van der Waals surface area contributed by atoms with Crippen LogP contribution in [0.2, 0.25) is 0 Å². The molecule has 0 amide bonds. The summed E-state index contributed by atoms with van der Waals surface area (Å²) in [5.74, 6) is 0. The lowest BCUT2D eigenvalue weighted by Gasteiger charge is -2.07. The van der Waals surface area contributed by atoms with Gasteiger partial charge in [0.05, 0.1) is 17.9 Å². The third-order valence-corrected chi connectivity index (χ3v) is 1.96. The van der Waals surface area contributed by atoms with Crippen LogP contribution in [-0.2, 0) is 4.74 Å². The number of ether oxygens (including phenoxy) is 1. The van der Waals surface area contributed by atoms with Crippen molar-refractivity contribution in [2.75, 3.05) is 25.1 Å². The second-order valence-corrected chi connectivity index (χ2v) is 3.20. The third-order valence-electron chi connectivity index (χ3n) is 1.96. The quantitative estimate of drug-likeness (QED) is 0.724. The lowest BCUT2D eigenvalue weighted by atomic mass is 10.2. The molecule has 1 aromatic rings. The molecule has 80 valence electrons. The standard InChI is InChI=1S/C12H16N2O/c1-2-8-15-9-7-14-12-6-4-3-5-11(12)10-13/h3-6,14H,2,7-9H2,1H3. The molecule has 0 saturated heterocycles. The first-order valence-corrected chi connectivity index (χ1v) is 5.19. The van der Waals surface area contributed by atoms with E-state index in [0.29, 0.717) is 12.2 Å². The molecule has 1 N–H and O–H groups in total. The van der Waals surface area contributed by atoms with Crippen LogP contribution in [0.25, 0.3) is 0 Å². The first-order valence-electron chi connectivity index (χ1n) is 5.19. The van der Waals surface area contributed by atoms with Crippen molar-refractivity contribution >= 4 is 5.69 Å². The molecular weight excluding hydrogens is 188 g/mol. The lowest BCUT2D eigenvalue weighted by molar-refractivity contribution is 0.144. The zero-order chi connectivity index (χ0) is 10.9. The molecule has 0 aliphatic carbocycles. The van der Waals surface area contributed by atoms with Crippen molar-refractivity contribution in [3.63, 3.8) is 0 Å². The van der Waals surface area contributed by atoms with E-state index in [9.17, 15) is 0 Å². The first-order chi connectivity index (χ1) is 7.38. The second kappa shape index (κ2) is 6.86. The van der Waals surface area contributed by atoms with E-state index in [-0.39, 0.29) is 0 Å². The number of nitrogens with zero attached hydrogens (tertiary/aromatic N) is 1. The van der Waals surface area contributed by atoms with Gasteiger partial charge in [0.2, 0.25) is 0 Å². The van der Waals surface area contributed by atoms with Gasteiger partial charge >= 0.3 is 0 Å². The van der Waals surface area contributed by atoms with Crippen LogP contribution in [0, 0.1) is 11.3 Å². The summed E-state index contributed by atoms with van der Waals surface area (Å²) in [5, 5.41) is 12.0. The Morgan fingerprint density at radius 1 is 1.33 bits per heavy atom. The highest BCUT2D eigenvalue weighted by Crippen LogP contribution is 2.12. The van der Waals surface area contributed by atoms with Gasteiger partial charge < -0.3 is 10.1 Å². The molecule has 3 heteroatoms. The molecule has 0 saturated carbocycles. The van der Waals surface area contributed by atoms with Crippen LogP contribution in [0.3, 0.4) is 0 Å². The van der Waals surface area contributed by atoms with Crippen molar-refractivity contribution in [3.8, 4) is 6.07 Å². The van der Waals surface area contributed by atoms with Crippen molar-refractivity contribution in [1.29, 1.82) is 5.26 Å². The Bertz CT molecular complexity index is 331. The number of benzene rings is 1. The Morgan fingerprint density at radius 2 is 2.13 bits per heavy atom. The highest BCUT2D eigenvalue weighted by Gasteiger charge is 1.98. The van der Waals surface area contributed by atoms with Crippen LogP contribution in [0.1, 0.15) is 18.9 Å². The minimum Gasteiger partial charge on any atom is -0.382 e. The Morgan fingerprint density at radius 3 is 2.87 bits per heavy atom. The summed E-state index contributed by atoms with van der Waals surface area (Å²) in [7, 11) is 0. The van der Waals surface area contributed by atoms with Crippen LogP contribution in [0.15, 0.2) is 24.3 Å². The maximum absolute atomic E-state index is 8.84. The highest BCUT2D eigenvalue weighted by atomic mass is 16.5. The van der Waals surface area contributed by atoms with E-state index in [4.69, 9.17) is 10.00 Å². The van der Waals surface area contributed by atoms with Crippen LogP contribution < -0.4 is 5.32 Å². The summed E-state index contributed by atoms with van der Waals surface area (Å²) >= 11 is 0. The van der Waals surface area contributed by atoms with Crippen LogP contribution in [0.5, 0.6) is 0 Å². The van der Waals surface area contributed by atoms with Crippen molar-refractivity contribution < 1.29 is 4.74 Å². The summed E-state index contributed by atoms with van der Waals surface area (Å²) in [6.07, 6.45) is 1.04. The summed E-state index contributed by atoms with van der Waals surface area (Å²) in [6.45, 7) is 4.28. The molecule has 1 rings (SSSR count). The van der Waals surface area contributed by atoms with E-state index >= 15 is 0 Å². The summed E-state index contributed by atoms with van der Waals surface area (Å²) in [6, 6.07) is 9.62. The maximum atomic E-state index is 8.84. The number of para-hydroxylation sites is 1. The minimum atomic E-state index is 0.674. The monoisotopic (exact) mass is 204 g/mol. The molecule has 0 unspecified atom stereocenters. The van der Waals surface area contributed by atoms with Crippen LogP contribution in [0.4, 0.5) is 5.69 Å². The molecule has 0 heterocycles. The van der Waals surface area contributed by atoms with E-state index in [2.05, 4.69) is 18.3 Å².